The maximum absolute atomic E-state index is 5.81. The maximum Gasteiger partial charge on any atom is 0.0767 e. The van der Waals surface area contributed by atoms with Gasteiger partial charge in [0.1, 0.15) is 0 Å². The van der Waals surface area contributed by atoms with Crippen molar-refractivity contribution in [3.8, 4) is 0 Å². The SMILES string of the molecule is [CH2]CC(N)N(C)c1ccccc1. The molecule has 0 aliphatic rings. The molecule has 0 saturated heterocycles. The quantitative estimate of drug-likeness (QED) is 0.686. The van der Waals surface area contributed by atoms with Gasteiger partial charge in [-0.2, -0.15) is 0 Å². The van der Waals surface area contributed by atoms with Gasteiger partial charge in [0.2, 0.25) is 0 Å². The number of hydrogen-bond acceptors (Lipinski definition) is 2. The molecule has 0 spiro atoms. The first-order valence-corrected chi connectivity index (χ1v) is 4.08. The summed E-state index contributed by atoms with van der Waals surface area (Å²) in [5.74, 6) is 0. The fourth-order valence-electron chi connectivity index (χ4n) is 1.05. The molecule has 0 bridgehead atoms. The molecule has 2 heteroatoms. The van der Waals surface area contributed by atoms with Gasteiger partial charge in [0.25, 0.3) is 0 Å². The van der Waals surface area contributed by atoms with E-state index in [2.05, 4.69) is 6.92 Å². The lowest BCUT2D eigenvalue weighted by Crippen LogP contribution is -2.38. The van der Waals surface area contributed by atoms with E-state index in [1.165, 1.54) is 0 Å². The number of anilines is 1. The highest BCUT2D eigenvalue weighted by molar-refractivity contribution is 5.45. The third-order valence-corrected chi connectivity index (χ3v) is 1.96. The van der Waals surface area contributed by atoms with Gasteiger partial charge < -0.3 is 10.6 Å². The van der Waals surface area contributed by atoms with Crippen LogP contribution in [0.3, 0.4) is 0 Å². The summed E-state index contributed by atoms with van der Waals surface area (Å²) in [4.78, 5) is 2.02. The first-order valence-electron chi connectivity index (χ1n) is 4.08. The summed E-state index contributed by atoms with van der Waals surface area (Å²) in [5, 5.41) is 0. The predicted octanol–water partition coefficient (Wildman–Crippen LogP) is 1.63. The Kier molecular flexibility index (Phi) is 3.11. The van der Waals surface area contributed by atoms with Crippen LogP contribution in [0.1, 0.15) is 6.42 Å². The summed E-state index contributed by atoms with van der Waals surface area (Å²) in [6, 6.07) is 10.1. The van der Waals surface area contributed by atoms with Crippen molar-refractivity contribution in [3.05, 3.63) is 37.3 Å². The minimum absolute atomic E-state index is 0.00685. The van der Waals surface area contributed by atoms with Gasteiger partial charge in [0, 0.05) is 12.7 Å². The van der Waals surface area contributed by atoms with Gasteiger partial charge in [0.15, 0.2) is 0 Å². The van der Waals surface area contributed by atoms with E-state index in [0.29, 0.717) is 6.42 Å². The Morgan fingerprint density at radius 2 is 2.00 bits per heavy atom. The van der Waals surface area contributed by atoms with Crippen LogP contribution in [-0.2, 0) is 0 Å². The Balaban J connectivity index is 2.71. The molecule has 1 aromatic carbocycles. The fourth-order valence-corrected chi connectivity index (χ4v) is 1.05. The summed E-state index contributed by atoms with van der Waals surface area (Å²) in [6.45, 7) is 3.77. The van der Waals surface area contributed by atoms with Crippen LogP contribution in [0, 0.1) is 6.92 Å². The summed E-state index contributed by atoms with van der Waals surface area (Å²) in [5.41, 5.74) is 6.94. The van der Waals surface area contributed by atoms with Crippen LogP contribution in [0.25, 0.3) is 0 Å². The first kappa shape index (κ1) is 9.07. The zero-order valence-corrected chi connectivity index (χ0v) is 7.40. The molecular weight excluding hydrogens is 148 g/mol. The van der Waals surface area contributed by atoms with E-state index in [9.17, 15) is 0 Å². The smallest absolute Gasteiger partial charge is 0.0767 e. The van der Waals surface area contributed by atoms with Crippen LogP contribution in [0.15, 0.2) is 30.3 Å². The Labute approximate surface area is 74.0 Å². The molecule has 1 radical (unpaired) electrons. The first-order chi connectivity index (χ1) is 5.75. The van der Waals surface area contributed by atoms with Crippen molar-refractivity contribution in [1.82, 2.24) is 0 Å². The lowest BCUT2D eigenvalue weighted by Gasteiger charge is -2.25. The van der Waals surface area contributed by atoms with Crippen molar-refractivity contribution >= 4 is 5.69 Å². The molecule has 0 aliphatic carbocycles. The lowest BCUT2D eigenvalue weighted by atomic mass is 10.2. The number of hydrogen-bond donors (Lipinski definition) is 1. The van der Waals surface area contributed by atoms with Gasteiger partial charge in [-0.05, 0) is 25.5 Å². The summed E-state index contributed by atoms with van der Waals surface area (Å²) < 4.78 is 0. The van der Waals surface area contributed by atoms with Gasteiger partial charge in [-0.25, -0.2) is 0 Å². The molecule has 0 aliphatic heterocycles. The van der Waals surface area contributed by atoms with Crippen LogP contribution in [0.4, 0.5) is 5.69 Å². The van der Waals surface area contributed by atoms with E-state index in [4.69, 9.17) is 5.73 Å². The van der Waals surface area contributed by atoms with Crippen LogP contribution in [-0.4, -0.2) is 13.2 Å². The molecule has 0 heterocycles. The second kappa shape index (κ2) is 4.12. The van der Waals surface area contributed by atoms with Crippen molar-refractivity contribution in [2.24, 2.45) is 5.73 Å². The van der Waals surface area contributed by atoms with Crippen molar-refractivity contribution in [2.75, 3.05) is 11.9 Å². The molecule has 1 atom stereocenters. The average Bonchev–Trinajstić information content (AvgIpc) is 2.17. The molecule has 1 unspecified atom stereocenters. The van der Waals surface area contributed by atoms with E-state index < -0.39 is 0 Å². The molecule has 1 rings (SSSR count). The van der Waals surface area contributed by atoms with Crippen molar-refractivity contribution in [2.45, 2.75) is 12.6 Å². The molecular formula is C10H15N2. The zero-order valence-electron chi connectivity index (χ0n) is 7.40. The summed E-state index contributed by atoms with van der Waals surface area (Å²) in [6.07, 6.45) is 0.721. The highest BCUT2D eigenvalue weighted by Gasteiger charge is 2.06. The average molecular weight is 163 g/mol. The molecule has 0 amide bonds. The van der Waals surface area contributed by atoms with Crippen molar-refractivity contribution in [1.29, 1.82) is 0 Å². The highest BCUT2D eigenvalue weighted by atomic mass is 15.2. The minimum atomic E-state index is 0.00685. The zero-order chi connectivity index (χ0) is 8.97. The highest BCUT2D eigenvalue weighted by Crippen LogP contribution is 2.12. The lowest BCUT2D eigenvalue weighted by molar-refractivity contribution is 0.664. The number of nitrogens with zero attached hydrogens (tertiary/aromatic N) is 1. The van der Waals surface area contributed by atoms with Crippen LogP contribution >= 0.6 is 0 Å². The molecule has 0 aromatic heterocycles. The summed E-state index contributed by atoms with van der Waals surface area (Å²) in [7, 11) is 1.98. The monoisotopic (exact) mass is 163 g/mol. The Morgan fingerprint density at radius 3 is 2.50 bits per heavy atom. The molecule has 0 saturated carbocycles. The fraction of sp³-hybridized carbons (Fsp3) is 0.300. The predicted molar refractivity (Wildman–Crippen MR) is 52.8 cm³/mol. The van der Waals surface area contributed by atoms with Crippen molar-refractivity contribution in [3.63, 3.8) is 0 Å². The van der Waals surface area contributed by atoms with Crippen molar-refractivity contribution < 1.29 is 0 Å². The molecule has 2 N–H and O–H groups in total. The van der Waals surface area contributed by atoms with Gasteiger partial charge in [-0.15, -0.1) is 0 Å². The number of para-hydroxylation sites is 1. The summed E-state index contributed by atoms with van der Waals surface area (Å²) >= 11 is 0. The van der Waals surface area contributed by atoms with E-state index in [1.54, 1.807) is 0 Å². The molecule has 0 fully saturated rings. The normalized spacial score (nSPS) is 12.6. The Morgan fingerprint density at radius 1 is 1.42 bits per heavy atom. The third-order valence-electron chi connectivity index (χ3n) is 1.96. The van der Waals surface area contributed by atoms with E-state index >= 15 is 0 Å². The second-order valence-electron chi connectivity index (χ2n) is 2.80. The number of nitrogens with two attached hydrogens (primary N) is 1. The van der Waals surface area contributed by atoms with Gasteiger partial charge in [0.05, 0.1) is 6.17 Å². The molecule has 2 nitrogen and oxygen atoms in total. The Bertz CT molecular complexity index is 221. The molecule has 65 valence electrons. The van der Waals surface area contributed by atoms with Gasteiger partial charge >= 0.3 is 0 Å². The van der Waals surface area contributed by atoms with Gasteiger partial charge in [-0.3, -0.25) is 0 Å². The number of rotatable bonds is 3. The third kappa shape index (κ3) is 1.98. The van der Waals surface area contributed by atoms with E-state index in [-0.39, 0.29) is 6.17 Å². The largest absolute Gasteiger partial charge is 0.359 e. The van der Waals surface area contributed by atoms with Gasteiger partial charge in [-0.1, -0.05) is 18.2 Å². The van der Waals surface area contributed by atoms with Crippen LogP contribution in [0.5, 0.6) is 0 Å². The standard InChI is InChI=1S/C10H15N2/c1-3-10(11)12(2)9-7-5-4-6-8-9/h4-8,10H,1,3,11H2,2H3. The van der Waals surface area contributed by atoms with Crippen LogP contribution in [0.2, 0.25) is 0 Å². The Hall–Kier alpha value is -1.02. The molecule has 1 aromatic rings. The van der Waals surface area contributed by atoms with Crippen LogP contribution < -0.4 is 10.6 Å². The molecule has 12 heavy (non-hydrogen) atoms. The topological polar surface area (TPSA) is 29.3 Å². The van der Waals surface area contributed by atoms with E-state index in [1.807, 2.05) is 42.3 Å². The minimum Gasteiger partial charge on any atom is -0.359 e. The van der Waals surface area contributed by atoms with E-state index in [0.717, 1.165) is 5.69 Å². The number of benzene rings is 1. The maximum atomic E-state index is 5.81. The second-order valence-corrected chi connectivity index (χ2v) is 2.80.